The first-order valence-electron chi connectivity index (χ1n) is 7.32. The van der Waals surface area contributed by atoms with Crippen LogP contribution in [-0.2, 0) is 0 Å². The van der Waals surface area contributed by atoms with Gasteiger partial charge in [0.15, 0.2) is 0 Å². The highest BCUT2D eigenvalue weighted by Gasteiger charge is 2.03. The summed E-state index contributed by atoms with van der Waals surface area (Å²) in [6.45, 7) is 0. The molecule has 18 heavy (non-hydrogen) atoms. The first kappa shape index (κ1) is 13.0. The van der Waals surface area contributed by atoms with Gasteiger partial charge in [-0.3, -0.25) is 0 Å². The lowest BCUT2D eigenvalue weighted by atomic mass is 9.95. The molecule has 0 nitrogen and oxygen atoms in total. The maximum atomic E-state index is 3.08. The smallest absolute Gasteiger partial charge is 0.0102 e. The molecule has 2 aliphatic carbocycles. The SMILES string of the molecule is C(C#CC=C1CCCCC1)#CC=C1CCCCC1. The van der Waals surface area contributed by atoms with E-state index >= 15 is 0 Å². The van der Waals surface area contributed by atoms with E-state index in [2.05, 4.69) is 35.8 Å². The van der Waals surface area contributed by atoms with E-state index in [1.165, 1.54) is 75.4 Å². The summed E-state index contributed by atoms with van der Waals surface area (Å²) in [5, 5.41) is 0. The molecule has 0 amide bonds. The molecule has 0 saturated heterocycles. The maximum absolute atomic E-state index is 3.08. The van der Waals surface area contributed by atoms with Crippen LogP contribution in [0.1, 0.15) is 64.2 Å². The zero-order valence-electron chi connectivity index (χ0n) is 11.2. The standard InChI is InChI=1S/C18H22/c1(5-11-17-13-7-3-8-14-17)2-6-12-18-15-9-4-10-16-18/h11-12H,3-4,7-10,13-16H2. The molecule has 0 aromatic rings. The molecule has 0 aromatic carbocycles. The fourth-order valence-corrected chi connectivity index (χ4v) is 2.65. The zero-order valence-corrected chi connectivity index (χ0v) is 11.2. The first-order chi connectivity index (χ1) is 8.95. The van der Waals surface area contributed by atoms with Gasteiger partial charge in [0.2, 0.25) is 0 Å². The lowest BCUT2D eigenvalue weighted by Crippen LogP contribution is -1.92. The van der Waals surface area contributed by atoms with Crippen LogP contribution in [0, 0.1) is 23.7 Å². The maximum Gasteiger partial charge on any atom is -0.0102 e. The average Bonchev–Trinajstić information content (AvgIpc) is 2.45. The molecule has 94 valence electrons. The summed E-state index contributed by atoms with van der Waals surface area (Å²) in [7, 11) is 0. The second-order valence-corrected chi connectivity index (χ2v) is 5.27. The second-order valence-electron chi connectivity index (χ2n) is 5.27. The lowest BCUT2D eigenvalue weighted by molar-refractivity contribution is 0.599. The Morgan fingerprint density at radius 2 is 0.944 bits per heavy atom. The van der Waals surface area contributed by atoms with Crippen molar-refractivity contribution in [1.29, 1.82) is 0 Å². The third-order valence-corrected chi connectivity index (χ3v) is 3.75. The summed E-state index contributed by atoms with van der Waals surface area (Å²) >= 11 is 0. The van der Waals surface area contributed by atoms with Crippen molar-refractivity contribution in [2.24, 2.45) is 0 Å². The molecule has 0 unspecified atom stereocenters. The molecule has 0 heterocycles. The van der Waals surface area contributed by atoms with Gasteiger partial charge >= 0.3 is 0 Å². The van der Waals surface area contributed by atoms with Crippen LogP contribution >= 0.6 is 0 Å². The Kier molecular flexibility index (Phi) is 5.68. The van der Waals surface area contributed by atoms with Gasteiger partial charge in [0.05, 0.1) is 0 Å². The molecule has 0 spiro atoms. The minimum Gasteiger partial charge on any atom is -0.0618 e. The van der Waals surface area contributed by atoms with Crippen molar-refractivity contribution >= 4 is 0 Å². The highest BCUT2D eigenvalue weighted by atomic mass is 14.1. The van der Waals surface area contributed by atoms with Gasteiger partial charge in [-0.2, -0.15) is 0 Å². The van der Waals surface area contributed by atoms with Crippen LogP contribution in [0.4, 0.5) is 0 Å². The summed E-state index contributed by atoms with van der Waals surface area (Å²) in [6, 6.07) is 0. The second kappa shape index (κ2) is 7.84. The fraction of sp³-hybridized carbons (Fsp3) is 0.556. The van der Waals surface area contributed by atoms with Crippen LogP contribution < -0.4 is 0 Å². The van der Waals surface area contributed by atoms with Crippen LogP contribution in [0.25, 0.3) is 0 Å². The highest BCUT2D eigenvalue weighted by Crippen LogP contribution is 2.22. The van der Waals surface area contributed by atoms with Crippen molar-refractivity contribution < 1.29 is 0 Å². The van der Waals surface area contributed by atoms with E-state index in [1.807, 2.05) is 0 Å². The average molecular weight is 238 g/mol. The summed E-state index contributed by atoms with van der Waals surface area (Å²) in [6.07, 6.45) is 17.3. The van der Waals surface area contributed by atoms with Gasteiger partial charge in [-0.05, 0) is 75.4 Å². The van der Waals surface area contributed by atoms with E-state index < -0.39 is 0 Å². The summed E-state index contributed by atoms with van der Waals surface area (Å²) < 4.78 is 0. The molecule has 2 aliphatic rings. The van der Waals surface area contributed by atoms with E-state index in [9.17, 15) is 0 Å². The molecule has 0 aliphatic heterocycles. The van der Waals surface area contributed by atoms with Gasteiger partial charge in [0.25, 0.3) is 0 Å². The van der Waals surface area contributed by atoms with Crippen molar-refractivity contribution in [3.8, 4) is 23.7 Å². The van der Waals surface area contributed by atoms with Crippen molar-refractivity contribution in [3.63, 3.8) is 0 Å². The Morgan fingerprint density at radius 3 is 1.33 bits per heavy atom. The van der Waals surface area contributed by atoms with Crippen LogP contribution in [-0.4, -0.2) is 0 Å². The molecule has 0 bridgehead atoms. The summed E-state index contributed by atoms with van der Waals surface area (Å²) in [4.78, 5) is 0. The number of rotatable bonds is 0. The predicted octanol–water partition coefficient (Wildman–Crippen LogP) is 4.77. The van der Waals surface area contributed by atoms with Gasteiger partial charge in [-0.25, -0.2) is 0 Å². The minimum absolute atomic E-state index is 1.24. The predicted molar refractivity (Wildman–Crippen MR) is 77.9 cm³/mol. The van der Waals surface area contributed by atoms with Crippen LogP contribution in [0.3, 0.4) is 0 Å². The van der Waals surface area contributed by atoms with Crippen LogP contribution in [0.5, 0.6) is 0 Å². The Hall–Kier alpha value is -1.40. The highest BCUT2D eigenvalue weighted by molar-refractivity contribution is 5.36. The number of hydrogen-bond acceptors (Lipinski definition) is 0. The Morgan fingerprint density at radius 1 is 0.556 bits per heavy atom. The molecule has 0 N–H and O–H groups in total. The molecule has 2 saturated carbocycles. The molecular formula is C18H22. The molecule has 0 atom stereocenters. The Balaban J connectivity index is 1.80. The quantitative estimate of drug-likeness (QED) is 0.533. The monoisotopic (exact) mass is 238 g/mol. The van der Waals surface area contributed by atoms with E-state index in [4.69, 9.17) is 0 Å². The van der Waals surface area contributed by atoms with E-state index in [-0.39, 0.29) is 0 Å². The third-order valence-electron chi connectivity index (χ3n) is 3.75. The van der Waals surface area contributed by atoms with Crippen molar-refractivity contribution in [3.05, 3.63) is 23.3 Å². The zero-order chi connectivity index (χ0) is 12.5. The van der Waals surface area contributed by atoms with Crippen molar-refractivity contribution in [2.45, 2.75) is 64.2 Å². The number of allylic oxidation sites excluding steroid dienone is 4. The Labute approximate surface area is 112 Å². The lowest BCUT2D eigenvalue weighted by Gasteiger charge is -2.11. The normalized spacial score (nSPS) is 19.1. The largest absolute Gasteiger partial charge is 0.0618 e. The van der Waals surface area contributed by atoms with Crippen molar-refractivity contribution in [1.82, 2.24) is 0 Å². The van der Waals surface area contributed by atoms with Crippen molar-refractivity contribution in [2.75, 3.05) is 0 Å². The topological polar surface area (TPSA) is 0 Å². The van der Waals surface area contributed by atoms with E-state index in [1.54, 1.807) is 0 Å². The molecular weight excluding hydrogens is 216 g/mol. The summed E-state index contributed by atoms with van der Waals surface area (Å²) in [5.41, 5.74) is 3.03. The van der Waals surface area contributed by atoms with Crippen LogP contribution in [0.15, 0.2) is 23.3 Å². The van der Waals surface area contributed by atoms with Gasteiger partial charge in [0, 0.05) is 0 Å². The van der Waals surface area contributed by atoms with Gasteiger partial charge < -0.3 is 0 Å². The molecule has 2 fully saturated rings. The van der Waals surface area contributed by atoms with Gasteiger partial charge in [0.1, 0.15) is 0 Å². The van der Waals surface area contributed by atoms with Crippen LogP contribution in [0.2, 0.25) is 0 Å². The first-order valence-corrected chi connectivity index (χ1v) is 7.32. The van der Waals surface area contributed by atoms with E-state index in [0.717, 1.165) is 0 Å². The number of hydrogen-bond donors (Lipinski definition) is 0. The molecule has 0 radical (unpaired) electrons. The van der Waals surface area contributed by atoms with E-state index in [0.29, 0.717) is 0 Å². The minimum atomic E-state index is 1.24. The third kappa shape index (κ3) is 4.85. The van der Waals surface area contributed by atoms with Gasteiger partial charge in [-0.1, -0.05) is 35.8 Å². The van der Waals surface area contributed by atoms with Gasteiger partial charge in [-0.15, -0.1) is 0 Å². The molecule has 0 heteroatoms. The molecule has 0 aromatic heterocycles. The fourth-order valence-electron chi connectivity index (χ4n) is 2.65. The Bertz CT molecular complexity index is 380. The molecule has 2 rings (SSSR count). The summed E-state index contributed by atoms with van der Waals surface area (Å²) in [5.74, 6) is 12.0.